The van der Waals surface area contributed by atoms with Gasteiger partial charge in [0, 0.05) is 12.0 Å². The first kappa shape index (κ1) is 10.2. The van der Waals surface area contributed by atoms with Gasteiger partial charge in [0.2, 0.25) is 0 Å². The Morgan fingerprint density at radius 3 is 2.38 bits per heavy atom. The molecule has 0 N–H and O–H groups in total. The molecule has 0 aromatic heterocycles. The standard InChI is InChI=1S/C12H13ClN3/c13-11-9-3-2-8(16(9)7-15)10(11)12(6-14)4-1-5-12/h1,8-11H,2-5H2/t8-,9+,10-,11?/m1/s1. The van der Waals surface area contributed by atoms with Crippen molar-refractivity contribution in [1.82, 2.24) is 4.90 Å². The maximum Gasteiger partial charge on any atom is 0.179 e. The van der Waals surface area contributed by atoms with Crippen molar-refractivity contribution in [3.63, 3.8) is 0 Å². The summed E-state index contributed by atoms with van der Waals surface area (Å²) < 4.78 is 0. The topological polar surface area (TPSA) is 50.8 Å². The molecule has 2 aliphatic heterocycles. The summed E-state index contributed by atoms with van der Waals surface area (Å²) in [4.78, 5) is 1.85. The number of fused-ring (bicyclic) bond motifs is 2. The molecule has 16 heavy (non-hydrogen) atoms. The number of hydrogen-bond acceptors (Lipinski definition) is 3. The number of nitrogens with zero attached hydrogens (tertiary/aromatic N) is 3. The average Bonchev–Trinajstić information content (AvgIpc) is 2.74. The third-order valence-corrected chi connectivity index (χ3v) is 5.15. The van der Waals surface area contributed by atoms with Gasteiger partial charge in [-0.05, 0) is 32.1 Å². The SMILES string of the molecule is N#CN1[C@@H]2CC[C@H]1C(Cl)[C@@H]2C1(C#N)C[CH]C1. The van der Waals surface area contributed by atoms with Crippen molar-refractivity contribution in [2.45, 2.75) is 43.1 Å². The summed E-state index contributed by atoms with van der Waals surface area (Å²) >= 11 is 6.47. The van der Waals surface area contributed by atoms with Crippen molar-refractivity contribution in [2.75, 3.05) is 0 Å². The molecule has 2 heterocycles. The monoisotopic (exact) mass is 234 g/mol. The molecule has 0 aromatic rings. The van der Waals surface area contributed by atoms with Crippen molar-refractivity contribution in [1.29, 1.82) is 10.5 Å². The number of alkyl halides is 1. The first-order chi connectivity index (χ1) is 7.73. The quantitative estimate of drug-likeness (QED) is 0.515. The van der Waals surface area contributed by atoms with E-state index in [0.717, 1.165) is 25.7 Å². The predicted octanol–water partition coefficient (Wildman–Crippen LogP) is 2.05. The van der Waals surface area contributed by atoms with Crippen LogP contribution < -0.4 is 0 Å². The fourth-order valence-corrected chi connectivity index (χ4v) is 4.35. The fraction of sp³-hybridized carbons (Fsp3) is 0.750. The second-order valence-corrected chi connectivity index (χ2v) is 5.66. The van der Waals surface area contributed by atoms with Crippen molar-refractivity contribution >= 4 is 11.6 Å². The molecule has 4 heteroatoms. The van der Waals surface area contributed by atoms with Crippen molar-refractivity contribution in [3.8, 4) is 12.3 Å². The van der Waals surface area contributed by atoms with E-state index in [9.17, 15) is 5.26 Å². The Morgan fingerprint density at radius 1 is 1.25 bits per heavy atom. The highest BCUT2D eigenvalue weighted by Crippen LogP contribution is 2.57. The largest absolute Gasteiger partial charge is 0.303 e. The Bertz CT molecular complexity index is 390. The van der Waals surface area contributed by atoms with Crippen LogP contribution in [0.5, 0.6) is 0 Å². The maximum atomic E-state index is 9.37. The summed E-state index contributed by atoms with van der Waals surface area (Å²) in [6, 6.07) is 2.85. The fourth-order valence-electron chi connectivity index (χ4n) is 3.70. The summed E-state index contributed by atoms with van der Waals surface area (Å²) in [6.07, 6.45) is 8.13. The van der Waals surface area contributed by atoms with Crippen LogP contribution in [0.1, 0.15) is 25.7 Å². The number of nitriles is 2. The summed E-state index contributed by atoms with van der Waals surface area (Å²) in [5.74, 6) is 0.183. The van der Waals surface area contributed by atoms with Crippen LogP contribution in [-0.2, 0) is 0 Å². The molecule has 0 spiro atoms. The van der Waals surface area contributed by atoms with Crippen LogP contribution in [-0.4, -0.2) is 22.4 Å². The van der Waals surface area contributed by atoms with E-state index in [1.807, 2.05) is 4.90 Å². The van der Waals surface area contributed by atoms with E-state index in [-0.39, 0.29) is 28.8 Å². The average molecular weight is 235 g/mol. The van der Waals surface area contributed by atoms with Crippen LogP contribution in [0, 0.1) is 40.5 Å². The van der Waals surface area contributed by atoms with E-state index in [0.29, 0.717) is 0 Å². The van der Waals surface area contributed by atoms with Gasteiger partial charge in [0.25, 0.3) is 0 Å². The molecule has 1 unspecified atom stereocenters. The van der Waals surface area contributed by atoms with E-state index >= 15 is 0 Å². The first-order valence-corrected chi connectivity index (χ1v) is 6.22. The normalized spacial score (nSPS) is 43.6. The van der Waals surface area contributed by atoms with Crippen LogP contribution in [0.2, 0.25) is 0 Å². The highest BCUT2D eigenvalue weighted by atomic mass is 35.5. The molecular weight excluding hydrogens is 222 g/mol. The smallest absolute Gasteiger partial charge is 0.179 e. The number of rotatable bonds is 1. The van der Waals surface area contributed by atoms with Crippen LogP contribution in [0.15, 0.2) is 0 Å². The van der Waals surface area contributed by atoms with E-state index < -0.39 is 0 Å². The Hall–Kier alpha value is -0.930. The predicted molar refractivity (Wildman–Crippen MR) is 59.0 cm³/mol. The Morgan fingerprint density at radius 2 is 1.94 bits per heavy atom. The lowest BCUT2D eigenvalue weighted by Gasteiger charge is -2.44. The third-order valence-electron chi connectivity index (χ3n) is 4.59. The Labute approximate surface area is 101 Å². The second-order valence-electron chi connectivity index (χ2n) is 5.15. The van der Waals surface area contributed by atoms with Crippen molar-refractivity contribution in [3.05, 3.63) is 6.42 Å². The highest BCUT2D eigenvalue weighted by molar-refractivity contribution is 6.21. The van der Waals surface area contributed by atoms with Crippen LogP contribution in [0.25, 0.3) is 0 Å². The molecule has 3 rings (SSSR count). The van der Waals surface area contributed by atoms with Crippen LogP contribution in [0.4, 0.5) is 0 Å². The minimum Gasteiger partial charge on any atom is -0.303 e. The molecule has 1 aliphatic carbocycles. The van der Waals surface area contributed by atoms with E-state index in [4.69, 9.17) is 16.9 Å². The molecule has 1 saturated carbocycles. The molecule has 83 valence electrons. The zero-order valence-electron chi connectivity index (χ0n) is 8.93. The lowest BCUT2D eigenvalue weighted by atomic mass is 9.58. The molecule has 2 bridgehead atoms. The lowest BCUT2D eigenvalue weighted by molar-refractivity contribution is 0.134. The van der Waals surface area contributed by atoms with E-state index in [1.54, 1.807) is 0 Å². The molecule has 1 radical (unpaired) electrons. The minimum atomic E-state index is -0.276. The summed E-state index contributed by atoms with van der Waals surface area (Å²) in [7, 11) is 0. The van der Waals surface area contributed by atoms with Gasteiger partial charge < -0.3 is 4.90 Å². The maximum absolute atomic E-state index is 9.37. The second kappa shape index (κ2) is 3.28. The Balaban J connectivity index is 1.94. The molecule has 3 fully saturated rings. The molecule has 3 aliphatic rings. The van der Waals surface area contributed by atoms with Gasteiger partial charge >= 0.3 is 0 Å². The number of halogens is 1. The van der Waals surface area contributed by atoms with Crippen molar-refractivity contribution < 1.29 is 0 Å². The summed E-state index contributed by atoms with van der Waals surface area (Å²) in [6.45, 7) is 0. The van der Waals surface area contributed by atoms with E-state index in [1.165, 1.54) is 0 Å². The zero-order valence-corrected chi connectivity index (χ0v) is 9.69. The van der Waals surface area contributed by atoms with Gasteiger partial charge in [-0.2, -0.15) is 10.5 Å². The Kier molecular flexibility index (Phi) is 2.10. The van der Waals surface area contributed by atoms with Gasteiger partial charge in [-0.15, -0.1) is 11.6 Å². The van der Waals surface area contributed by atoms with Gasteiger partial charge in [0.15, 0.2) is 6.19 Å². The number of hydrogen-bond donors (Lipinski definition) is 0. The van der Waals surface area contributed by atoms with Crippen molar-refractivity contribution in [2.24, 2.45) is 11.3 Å². The van der Waals surface area contributed by atoms with Gasteiger partial charge in [-0.25, -0.2) is 0 Å². The molecule has 2 saturated heterocycles. The third kappa shape index (κ3) is 1.03. The molecule has 4 atom stereocenters. The first-order valence-electron chi connectivity index (χ1n) is 5.78. The molecule has 0 aromatic carbocycles. The van der Waals surface area contributed by atoms with Gasteiger partial charge in [0.1, 0.15) is 0 Å². The van der Waals surface area contributed by atoms with Gasteiger partial charge in [-0.1, -0.05) is 0 Å². The zero-order chi connectivity index (χ0) is 11.3. The summed E-state index contributed by atoms with van der Waals surface area (Å²) in [5, 5.41) is 18.5. The molecule has 3 nitrogen and oxygen atoms in total. The van der Waals surface area contributed by atoms with Gasteiger partial charge in [-0.3, -0.25) is 0 Å². The molecular formula is C12H13ClN3. The lowest BCUT2D eigenvalue weighted by Crippen LogP contribution is -2.46. The van der Waals surface area contributed by atoms with Gasteiger partial charge in [0.05, 0.1) is 22.9 Å². The molecule has 0 amide bonds. The summed E-state index contributed by atoms with van der Waals surface area (Å²) in [5.41, 5.74) is -0.276. The van der Waals surface area contributed by atoms with E-state index in [2.05, 4.69) is 18.7 Å². The van der Waals surface area contributed by atoms with Crippen LogP contribution in [0.3, 0.4) is 0 Å². The highest BCUT2D eigenvalue weighted by Gasteiger charge is 2.61. The minimum absolute atomic E-state index is 0.0215. The van der Waals surface area contributed by atoms with Crippen LogP contribution >= 0.6 is 11.6 Å².